The Morgan fingerprint density at radius 3 is 2.93 bits per heavy atom. The fourth-order valence-corrected chi connectivity index (χ4v) is 4.12. The summed E-state index contributed by atoms with van der Waals surface area (Å²) in [5, 5.41) is 28.4. The minimum Gasteiger partial charge on any atom is -0.507 e. The van der Waals surface area contributed by atoms with Crippen molar-refractivity contribution in [3.8, 4) is 27.2 Å². The number of aromatic nitrogens is 5. The lowest BCUT2D eigenvalue weighted by molar-refractivity contribution is 0.137. The number of ether oxygens (including phenoxy) is 1. The van der Waals surface area contributed by atoms with Gasteiger partial charge in [-0.3, -0.25) is 0 Å². The van der Waals surface area contributed by atoms with Gasteiger partial charge in [-0.15, -0.1) is 5.10 Å². The SMILES string of the molecule is CC[C@@]1(C)C=CC[C@@H](Oc2nnc(-c3ccc(-n4ncc(C)n4)cc3O)s2)C1. The number of allylic oxidation sites excluding steroid dienone is 1. The fourth-order valence-electron chi connectivity index (χ4n) is 3.33. The second-order valence-corrected chi connectivity index (χ2v) is 8.38. The molecule has 1 N–H and O–H groups in total. The molecule has 0 aliphatic heterocycles. The molecular weight excluding hydrogens is 374 g/mol. The highest BCUT2D eigenvalue weighted by molar-refractivity contribution is 7.16. The van der Waals surface area contributed by atoms with Crippen LogP contribution in [0.25, 0.3) is 16.3 Å². The number of nitrogens with zero attached hydrogens (tertiary/aromatic N) is 5. The summed E-state index contributed by atoms with van der Waals surface area (Å²) < 4.78 is 6.08. The van der Waals surface area contributed by atoms with Crippen molar-refractivity contribution in [1.82, 2.24) is 25.2 Å². The zero-order chi connectivity index (χ0) is 19.7. The Balaban J connectivity index is 1.51. The first-order valence-electron chi connectivity index (χ1n) is 9.36. The lowest BCUT2D eigenvalue weighted by Gasteiger charge is -2.32. The lowest BCUT2D eigenvalue weighted by atomic mass is 9.77. The average molecular weight is 398 g/mol. The van der Waals surface area contributed by atoms with Gasteiger partial charge in [0.1, 0.15) is 11.9 Å². The number of phenolic OH excluding ortho intramolecular Hbond substituents is 1. The van der Waals surface area contributed by atoms with E-state index < -0.39 is 0 Å². The van der Waals surface area contributed by atoms with E-state index in [2.05, 4.69) is 46.4 Å². The van der Waals surface area contributed by atoms with Gasteiger partial charge < -0.3 is 9.84 Å². The molecule has 0 saturated heterocycles. The summed E-state index contributed by atoms with van der Waals surface area (Å²) in [5.41, 5.74) is 2.28. The molecule has 0 amide bonds. The summed E-state index contributed by atoms with van der Waals surface area (Å²) >= 11 is 1.34. The van der Waals surface area contributed by atoms with Crippen LogP contribution in [-0.4, -0.2) is 36.4 Å². The van der Waals surface area contributed by atoms with Gasteiger partial charge in [0, 0.05) is 12.5 Å². The third kappa shape index (κ3) is 3.77. The largest absolute Gasteiger partial charge is 0.507 e. The normalized spacial score (nSPS) is 21.8. The van der Waals surface area contributed by atoms with Crippen molar-refractivity contribution in [2.24, 2.45) is 5.41 Å². The molecule has 28 heavy (non-hydrogen) atoms. The van der Waals surface area contributed by atoms with Crippen molar-refractivity contribution in [2.75, 3.05) is 0 Å². The number of hydrogen-bond acceptors (Lipinski definition) is 7. The number of rotatable bonds is 5. The number of hydrogen-bond donors (Lipinski definition) is 1. The summed E-state index contributed by atoms with van der Waals surface area (Å²) in [6, 6.07) is 5.26. The van der Waals surface area contributed by atoms with E-state index in [1.54, 1.807) is 18.3 Å². The molecule has 1 aliphatic rings. The molecule has 8 heteroatoms. The predicted octanol–water partition coefficient (Wildman–Crippen LogP) is 4.31. The monoisotopic (exact) mass is 397 g/mol. The van der Waals surface area contributed by atoms with Crippen molar-refractivity contribution in [2.45, 2.75) is 46.1 Å². The van der Waals surface area contributed by atoms with Crippen LogP contribution in [0.3, 0.4) is 0 Å². The van der Waals surface area contributed by atoms with Gasteiger partial charge in [0.05, 0.1) is 23.1 Å². The molecule has 0 saturated carbocycles. The maximum absolute atomic E-state index is 10.5. The maximum Gasteiger partial charge on any atom is 0.294 e. The molecule has 1 aliphatic carbocycles. The number of aryl methyl sites for hydroxylation is 1. The summed E-state index contributed by atoms with van der Waals surface area (Å²) in [6.07, 6.45) is 9.16. The third-order valence-electron chi connectivity index (χ3n) is 5.14. The van der Waals surface area contributed by atoms with E-state index in [0.29, 0.717) is 21.5 Å². The minimum absolute atomic E-state index is 0.0980. The number of benzene rings is 1. The molecular formula is C20H23N5O2S. The number of phenols is 1. The molecule has 4 rings (SSSR count). The van der Waals surface area contributed by atoms with Crippen LogP contribution in [0.1, 0.15) is 38.8 Å². The van der Waals surface area contributed by atoms with Gasteiger partial charge in [-0.1, -0.05) is 42.4 Å². The first-order chi connectivity index (χ1) is 13.5. The van der Waals surface area contributed by atoms with Gasteiger partial charge in [-0.05, 0) is 37.3 Å². The molecule has 2 atom stereocenters. The zero-order valence-electron chi connectivity index (χ0n) is 16.2. The second-order valence-electron chi connectivity index (χ2n) is 7.44. The van der Waals surface area contributed by atoms with Crippen molar-refractivity contribution in [3.05, 3.63) is 42.2 Å². The van der Waals surface area contributed by atoms with Gasteiger partial charge in [0.2, 0.25) is 0 Å². The van der Waals surface area contributed by atoms with Crippen LogP contribution in [0, 0.1) is 12.3 Å². The predicted molar refractivity (Wildman–Crippen MR) is 108 cm³/mol. The van der Waals surface area contributed by atoms with E-state index in [1.807, 2.05) is 13.0 Å². The standard InChI is InChI=1S/C20H23N5O2S/c1-4-20(3)9-5-6-15(11-20)27-19-23-22-18(28-19)16-8-7-14(10-17(16)26)25-21-12-13(2)24-25/h5,7-10,12,15,26H,4,6,11H2,1-3H3/t15-,20+/m1/s1. The summed E-state index contributed by atoms with van der Waals surface area (Å²) in [7, 11) is 0. The van der Waals surface area contributed by atoms with Gasteiger partial charge in [-0.25, -0.2) is 0 Å². The van der Waals surface area contributed by atoms with E-state index in [0.717, 1.165) is 25.0 Å². The molecule has 7 nitrogen and oxygen atoms in total. The van der Waals surface area contributed by atoms with E-state index >= 15 is 0 Å². The highest BCUT2D eigenvalue weighted by Crippen LogP contribution is 2.38. The van der Waals surface area contributed by atoms with Crippen LogP contribution < -0.4 is 4.74 Å². The smallest absolute Gasteiger partial charge is 0.294 e. The molecule has 0 unspecified atom stereocenters. The second kappa shape index (κ2) is 7.35. The summed E-state index contributed by atoms with van der Waals surface area (Å²) in [5.74, 6) is 0.106. The Morgan fingerprint density at radius 1 is 1.36 bits per heavy atom. The lowest BCUT2D eigenvalue weighted by Crippen LogP contribution is -2.28. The van der Waals surface area contributed by atoms with Crippen LogP contribution in [0.5, 0.6) is 10.9 Å². The summed E-state index contributed by atoms with van der Waals surface area (Å²) in [4.78, 5) is 1.48. The zero-order valence-corrected chi connectivity index (χ0v) is 17.0. The molecule has 0 spiro atoms. The van der Waals surface area contributed by atoms with Crippen LogP contribution >= 0.6 is 11.3 Å². The molecule has 146 valence electrons. The third-order valence-corrected chi connectivity index (χ3v) is 5.99. The van der Waals surface area contributed by atoms with Gasteiger partial charge in [0.15, 0.2) is 5.01 Å². The molecule has 2 heterocycles. The first-order valence-corrected chi connectivity index (χ1v) is 10.2. The Kier molecular flexibility index (Phi) is 4.89. The molecule has 0 fully saturated rings. The molecule has 3 aromatic rings. The molecule has 0 radical (unpaired) electrons. The quantitative estimate of drug-likeness (QED) is 0.646. The van der Waals surface area contributed by atoms with Gasteiger partial charge in [-0.2, -0.15) is 15.0 Å². The van der Waals surface area contributed by atoms with Crippen molar-refractivity contribution in [1.29, 1.82) is 0 Å². The van der Waals surface area contributed by atoms with Crippen LogP contribution in [0.4, 0.5) is 0 Å². The van der Waals surface area contributed by atoms with E-state index in [4.69, 9.17) is 4.74 Å². The van der Waals surface area contributed by atoms with Crippen molar-refractivity contribution < 1.29 is 9.84 Å². The van der Waals surface area contributed by atoms with E-state index in [9.17, 15) is 5.11 Å². The van der Waals surface area contributed by atoms with Crippen LogP contribution in [0.2, 0.25) is 0 Å². The van der Waals surface area contributed by atoms with Crippen molar-refractivity contribution in [3.63, 3.8) is 0 Å². The number of aromatic hydroxyl groups is 1. The first kappa shape index (κ1) is 18.6. The van der Waals surface area contributed by atoms with Gasteiger partial charge >= 0.3 is 0 Å². The van der Waals surface area contributed by atoms with E-state index in [1.165, 1.54) is 16.1 Å². The highest BCUT2D eigenvalue weighted by Gasteiger charge is 2.28. The molecule has 1 aromatic carbocycles. The highest BCUT2D eigenvalue weighted by atomic mass is 32.1. The van der Waals surface area contributed by atoms with Gasteiger partial charge in [0.25, 0.3) is 5.19 Å². The Labute approximate surface area is 167 Å². The van der Waals surface area contributed by atoms with E-state index in [-0.39, 0.29) is 17.3 Å². The molecule has 0 bridgehead atoms. The minimum atomic E-state index is 0.0980. The Morgan fingerprint density at radius 2 is 2.21 bits per heavy atom. The van der Waals surface area contributed by atoms with Crippen LogP contribution in [-0.2, 0) is 0 Å². The topological polar surface area (TPSA) is 86.0 Å². The Bertz CT molecular complexity index is 1010. The fraction of sp³-hybridized carbons (Fsp3) is 0.400. The summed E-state index contributed by atoms with van der Waals surface area (Å²) in [6.45, 7) is 6.31. The average Bonchev–Trinajstić information content (AvgIpc) is 3.31. The Hall–Kier alpha value is -2.74. The molecule has 2 aromatic heterocycles. The van der Waals surface area contributed by atoms with Crippen molar-refractivity contribution >= 4 is 11.3 Å². The van der Waals surface area contributed by atoms with Crippen LogP contribution in [0.15, 0.2) is 36.5 Å². The maximum atomic E-state index is 10.5.